The minimum absolute atomic E-state index is 0.325. The van der Waals surface area contributed by atoms with Crippen LogP contribution >= 0.6 is 0 Å². The lowest BCUT2D eigenvalue weighted by Gasteiger charge is -2.36. The molecule has 1 fully saturated rings. The van der Waals surface area contributed by atoms with E-state index in [2.05, 4.69) is 5.32 Å². The summed E-state index contributed by atoms with van der Waals surface area (Å²) >= 11 is 0. The highest BCUT2D eigenvalue weighted by Crippen LogP contribution is 2.28. The van der Waals surface area contributed by atoms with Gasteiger partial charge in [-0.05, 0) is 17.7 Å². The van der Waals surface area contributed by atoms with E-state index in [0.717, 1.165) is 4.90 Å². The molecule has 1 aliphatic heterocycles. The molecule has 6 nitrogen and oxygen atoms in total. The summed E-state index contributed by atoms with van der Waals surface area (Å²) < 4.78 is 0. The molecule has 1 aliphatic rings. The van der Waals surface area contributed by atoms with Gasteiger partial charge < -0.3 is 5.73 Å². The average molecular weight is 295 g/mol. The first-order chi connectivity index (χ1) is 10.5. The van der Waals surface area contributed by atoms with Crippen molar-refractivity contribution in [2.45, 2.75) is 5.54 Å². The number of para-hydroxylation sites is 1. The van der Waals surface area contributed by atoms with Crippen molar-refractivity contribution in [1.82, 2.24) is 5.32 Å². The Labute approximate surface area is 126 Å². The van der Waals surface area contributed by atoms with Crippen molar-refractivity contribution in [3.63, 3.8) is 0 Å². The van der Waals surface area contributed by atoms with Gasteiger partial charge in [0.25, 0.3) is 11.8 Å². The van der Waals surface area contributed by atoms with Gasteiger partial charge in [-0.15, -0.1) is 0 Å². The van der Waals surface area contributed by atoms with Crippen LogP contribution in [-0.2, 0) is 15.1 Å². The summed E-state index contributed by atoms with van der Waals surface area (Å²) in [6, 6.07) is 15.8. The molecule has 0 aromatic heterocycles. The highest BCUT2D eigenvalue weighted by Gasteiger charge is 2.53. The SMILES string of the molecule is NC1(c2ccccc2)C(=O)NC(=O)N(c2ccccc2)C1=O. The van der Waals surface area contributed by atoms with E-state index >= 15 is 0 Å². The molecule has 110 valence electrons. The van der Waals surface area contributed by atoms with Crippen LogP contribution in [-0.4, -0.2) is 17.8 Å². The van der Waals surface area contributed by atoms with Crippen LogP contribution in [0.3, 0.4) is 0 Å². The average Bonchev–Trinajstić information content (AvgIpc) is 2.54. The zero-order valence-corrected chi connectivity index (χ0v) is 11.5. The van der Waals surface area contributed by atoms with E-state index in [0.29, 0.717) is 11.3 Å². The quantitative estimate of drug-likeness (QED) is 0.812. The van der Waals surface area contributed by atoms with Crippen molar-refractivity contribution in [2.24, 2.45) is 5.73 Å². The summed E-state index contributed by atoms with van der Waals surface area (Å²) in [6.07, 6.45) is 0. The van der Waals surface area contributed by atoms with E-state index in [1.807, 2.05) is 0 Å². The summed E-state index contributed by atoms with van der Waals surface area (Å²) in [5, 5.41) is 2.15. The van der Waals surface area contributed by atoms with Gasteiger partial charge in [0.15, 0.2) is 0 Å². The number of hydrogen-bond acceptors (Lipinski definition) is 4. The van der Waals surface area contributed by atoms with Gasteiger partial charge in [0.1, 0.15) is 0 Å². The van der Waals surface area contributed by atoms with Crippen molar-refractivity contribution < 1.29 is 14.4 Å². The van der Waals surface area contributed by atoms with Crippen LogP contribution in [0.2, 0.25) is 0 Å². The molecule has 1 atom stereocenters. The minimum atomic E-state index is -1.94. The van der Waals surface area contributed by atoms with Crippen LogP contribution in [0.4, 0.5) is 10.5 Å². The number of carbonyl (C=O) groups is 3. The van der Waals surface area contributed by atoms with Gasteiger partial charge in [-0.3, -0.25) is 14.9 Å². The standard InChI is InChI=1S/C16H13N3O3/c17-16(11-7-3-1-4-8-11)13(20)18-15(22)19(14(16)21)12-9-5-2-6-10-12/h1-10H,17H2,(H,18,20,22). The number of rotatable bonds is 2. The Morgan fingerprint density at radius 2 is 1.41 bits per heavy atom. The first-order valence-electron chi connectivity index (χ1n) is 6.64. The molecule has 4 amide bonds. The number of carbonyl (C=O) groups excluding carboxylic acids is 3. The van der Waals surface area contributed by atoms with Gasteiger partial charge in [0.05, 0.1) is 5.69 Å². The molecule has 3 rings (SSSR count). The molecule has 1 heterocycles. The first kappa shape index (κ1) is 14.0. The molecule has 3 N–H and O–H groups in total. The molecule has 0 saturated carbocycles. The maximum Gasteiger partial charge on any atom is 0.335 e. The van der Waals surface area contributed by atoms with Crippen molar-refractivity contribution in [3.05, 3.63) is 66.2 Å². The number of amides is 4. The van der Waals surface area contributed by atoms with E-state index in [1.165, 1.54) is 0 Å². The van der Waals surface area contributed by atoms with Gasteiger partial charge in [0, 0.05) is 0 Å². The van der Waals surface area contributed by atoms with Crippen LogP contribution in [0.25, 0.3) is 0 Å². The second kappa shape index (κ2) is 5.09. The zero-order valence-electron chi connectivity index (χ0n) is 11.5. The summed E-state index contributed by atoms with van der Waals surface area (Å²) in [4.78, 5) is 37.9. The van der Waals surface area contributed by atoms with E-state index in [-0.39, 0.29) is 0 Å². The number of nitrogens with zero attached hydrogens (tertiary/aromatic N) is 1. The highest BCUT2D eigenvalue weighted by molar-refractivity contribution is 6.32. The molecule has 6 heteroatoms. The Morgan fingerprint density at radius 3 is 2.00 bits per heavy atom. The number of nitrogens with two attached hydrogens (primary N) is 1. The van der Waals surface area contributed by atoms with Gasteiger partial charge in [0.2, 0.25) is 5.54 Å². The second-order valence-electron chi connectivity index (χ2n) is 4.91. The molecule has 22 heavy (non-hydrogen) atoms. The van der Waals surface area contributed by atoms with Crippen LogP contribution in [0.1, 0.15) is 5.56 Å². The monoisotopic (exact) mass is 295 g/mol. The lowest BCUT2D eigenvalue weighted by atomic mass is 9.87. The summed E-state index contributed by atoms with van der Waals surface area (Å²) in [7, 11) is 0. The fraction of sp³-hybridized carbons (Fsp3) is 0.0625. The fourth-order valence-electron chi connectivity index (χ4n) is 2.38. The fourth-order valence-corrected chi connectivity index (χ4v) is 2.38. The second-order valence-corrected chi connectivity index (χ2v) is 4.91. The Bertz CT molecular complexity index is 746. The van der Waals surface area contributed by atoms with Crippen molar-refractivity contribution in [3.8, 4) is 0 Å². The van der Waals surface area contributed by atoms with Crippen LogP contribution < -0.4 is 16.0 Å². The molecular formula is C16H13N3O3. The van der Waals surface area contributed by atoms with Gasteiger partial charge in [-0.2, -0.15) is 0 Å². The third-order valence-corrected chi connectivity index (χ3v) is 3.57. The third kappa shape index (κ3) is 1.97. The van der Waals surface area contributed by atoms with E-state index < -0.39 is 23.4 Å². The Morgan fingerprint density at radius 1 is 0.864 bits per heavy atom. The smallest absolute Gasteiger partial charge is 0.306 e. The Kier molecular flexibility index (Phi) is 3.23. The van der Waals surface area contributed by atoms with Crippen LogP contribution in [0, 0.1) is 0 Å². The number of hydrogen-bond donors (Lipinski definition) is 2. The summed E-state index contributed by atoms with van der Waals surface area (Å²) in [5.74, 6) is -1.61. The summed E-state index contributed by atoms with van der Waals surface area (Å²) in [6.45, 7) is 0. The van der Waals surface area contributed by atoms with Crippen molar-refractivity contribution in [1.29, 1.82) is 0 Å². The number of anilines is 1. The number of benzene rings is 2. The van der Waals surface area contributed by atoms with E-state index in [1.54, 1.807) is 60.7 Å². The van der Waals surface area contributed by atoms with E-state index in [4.69, 9.17) is 5.73 Å². The maximum absolute atomic E-state index is 12.8. The number of barbiturate groups is 1. The topological polar surface area (TPSA) is 92.5 Å². The molecule has 1 unspecified atom stereocenters. The van der Waals surface area contributed by atoms with Gasteiger partial charge in [-0.25, -0.2) is 9.69 Å². The van der Waals surface area contributed by atoms with E-state index in [9.17, 15) is 14.4 Å². The molecule has 2 aromatic carbocycles. The summed E-state index contributed by atoms with van der Waals surface area (Å²) in [5.41, 5.74) is 4.84. The zero-order chi connectivity index (χ0) is 15.7. The predicted octanol–water partition coefficient (Wildman–Crippen LogP) is 1.12. The van der Waals surface area contributed by atoms with Crippen LogP contribution in [0.15, 0.2) is 60.7 Å². The molecule has 0 aliphatic carbocycles. The van der Waals surface area contributed by atoms with Gasteiger partial charge >= 0.3 is 6.03 Å². The highest BCUT2D eigenvalue weighted by atomic mass is 16.2. The van der Waals surface area contributed by atoms with Crippen molar-refractivity contribution >= 4 is 23.5 Å². The molecule has 0 spiro atoms. The number of nitrogens with one attached hydrogen (secondary N) is 1. The Hall–Kier alpha value is -2.99. The van der Waals surface area contributed by atoms with Crippen molar-refractivity contribution in [2.75, 3.05) is 4.90 Å². The molecule has 0 radical (unpaired) electrons. The van der Waals surface area contributed by atoms with Gasteiger partial charge in [-0.1, -0.05) is 48.5 Å². The number of urea groups is 1. The predicted molar refractivity (Wildman–Crippen MR) is 79.8 cm³/mol. The first-order valence-corrected chi connectivity index (χ1v) is 6.64. The minimum Gasteiger partial charge on any atom is -0.306 e. The molecule has 2 aromatic rings. The lowest BCUT2D eigenvalue weighted by Crippen LogP contribution is -2.70. The normalized spacial score (nSPS) is 21.7. The Balaban J connectivity index is 2.11. The molecule has 1 saturated heterocycles. The number of imide groups is 2. The lowest BCUT2D eigenvalue weighted by molar-refractivity contribution is -0.136. The largest absolute Gasteiger partial charge is 0.335 e. The van der Waals surface area contributed by atoms with Crippen LogP contribution in [0.5, 0.6) is 0 Å². The third-order valence-electron chi connectivity index (χ3n) is 3.57. The maximum atomic E-state index is 12.8. The molecule has 0 bridgehead atoms. The molecular weight excluding hydrogens is 282 g/mol.